The number of carbonyl (C=O) groups excluding carboxylic acids is 2. The Bertz CT molecular complexity index is 1200. The van der Waals surface area contributed by atoms with Crippen LogP contribution in [0.1, 0.15) is 52.7 Å². The van der Waals surface area contributed by atoms with Gasteiger partial charge >= 0.3 is 5.97 Å². The van der Waals surface area contributed by atoms with Crippen LogP contribution in [0.15, 0.2) is 60.7 Å². The largest absolute Gasteiger partial charge is 0.461 e. The van der Waals surface area contributed by atoms with Crippen LogP contribution < -0.4 is 4.72 Å². The standard InChI is InChI=1S/C31H46N2O7S/c1-22(2)18-33(41(38,39)32-31(5,6)21-34)19-28(35)27(17-25-13-9-7-10-14-25)29(36)23(3)24(4)30(37)40-20-26-15-11-8-12-16-26/h7-16,22-24,27-28,32,34-35H,17-21H2,1-6H3/t23-,24?,27+,28+/m1/s1. The summed E-state index contributed by atoms with van der Waals surface area (Å²) in [6, 6.07) is 18.4. The highest BCUT2D eigenvalue weighted by Crippen LogP contribution is 2.25. The maximum Gasteiger partial charge on any atom is 0.309 e. The highest BCUT2D eigenvalue weighted by atomic mass is 32.2. The first kappa shape index (κ1) is 34.6. The number of ether oxygens (including phenoxy) is 1. The third-order valence-electron chi connectivity index (χ3n) is 7.02. The van der Waals surface area contributed by atoms with Crippen LogP contribution in [-0.4, -0.2) is 66.0 Å². The zero-order valence-electron chi connectivity index (χ0n) is 25.0. The number of esters is 1. The molecule has 0 amide bonds. The third-order valence-corrected chi connectivity index (χ3v) is 8.81. The first-order chi connectivity index (χ1) is 19.2. The van der Waals surface area contributed by atoms with E-state index in [1.807, 2.05) is 74.5 Å². The number of benzene rings is 2. The lowest BCUT2D eigenvalue weighted by molar-refractivity contribution is -0.154. The Morgan fingerprint density at radius 1 is 0.902 bits per heavy atom. The molecule has 1 unspecified atom stereocenters. The van der Waals surface area contributed by atoms with Crippen molar-refractivity contribution in [1.29, 1.82) is 0 Å². The monoisotopic (exact) mass is 590 g/mol. The van der Waals surface area contributed by atoms with Crippen molar-refractivity contribution in [3.8, 4) is 0 Å². The van der Waals surface area contributed by atoms with Gasteiger partial charge in [-0.1, -0.05) is 88.4 Å². The third kappa shape index (κ3) is 10.9. The fourth-order valence-corrected chi connectivity index (χ4v) is 6.14. The summed E-state index contributed by atoms with van der Waals surface area (Å²) >= 11 is 0. The Labute approximate surface area is 245 Å². The van der Waals surface area contributed by atoms with Gasteiger partial charge in [0.1, 0.15) is 12.4 Å². The molecule has 4 atom stereocenters. The van der Waals surface area contributed by atoms with Crippen molar-refractivity contribution in [1.82, 2.24) is 9.03 Å². The Kier molecular flexibility index (Phi) is 13.1. The number of ketones is 1. The van der Waals surface area contributed by atoms with E-state index in [0.29, 0.717) is 0 Å². The van der Waals surface area contributed by atoms with Gasteiger partial charge in [0.15, 0.2) is 0 Å². The summed E-state index contributed by atoms with van der Waals surface area (Å²) in [4.78, 5) is 26.7. The predicted molar refractivity (Wildman–Crippen MR) is 159 cm³/mol. The molecule has 2 aromatic carbocycles. The quantitative estimate of drug-likeness (QED) is 0.241. The minimum Gasteiger partial charge on any atom is -0.461 e. The average Bonchev–Trinajstić information content (AvgIpc) is 2.93. The van der Waals surface area contributed by atoms with E-state index in [2.05, 4.69) is 4.72 Å². The molecule has 0 fully saturated rings. The molecule has 0 aromatic heterocycles. The minimum atomic E-state index is -4.12. The van der Waals surface area contributed by atoms with Gasteiger partial charge < -0.3 is 14.9 Å². The van der Waals surface area contributed by atoms with Gasteiger partial charge in [0, 0.05) is 24.9 Å². The lowest BCUT2D eigenvalue weighted by Crippen LogP contribution is -2.55. The van der Waals surface area contributed by atoms with Gasteiger partial charge in [-0.3, -0.25) is 9.59 Å². The fourth-order valence-electron chi connectivity index (χ4n) is 4.40. The summed E-state index contributed by atoms with van der Waals surface area (Å²) < 4.78 is 35.7. The van der Waals surface area contributed by atoms with Gasteiger partial charge in [-0.25, -0.2) is 0 Å². The number of hydrogen-bond acceptors (Lipinski definition) is 7. The molecule has 0 saturated carbocycles. The van der Waals surface area contributed by atoms with E-state index >= 15 is 0 Å². The maximum atomic E-state index is 13.9. The summed E-state index contributed by atoms with van der Waals surface area (Å²) in [5.74, 6) is -3.49. The smallest absolute Gasteiger partial charge is 0.309 e. The van der Waals surface area contributed by atoms with E-state index in [1.165, 1.54) is 0 Å². The Balaban J connectivity index is 2.29. The van der Waals surface area contributed by atoms with Crippen molar-refractivity contribution in [2.45, 2.75) is 66.2 Å². The van der Waals surface area contributed by atoms with Crippen LogP contribution in [0, 0.1) is 23.7 Å². The number of Topliss-reactive ketones (excluding diaryl/α,β-unsaturated/α-hetero) is 1. The molecule has 0 aliphatic rings. The minimum absolute atomic E-state index is 0.0716. The molecular weight excluding hydrogens is 544 g/mol. The Hall–Kier alpha value is -2.63. The number of aliphatic hydroxyl groups excluding tert-OH is 2. The van der Waals surface area contributed by atoms with Crippen molar-refractivity contribution < 1.29 is 33.0 Å². The lowest BCUT2D eigenvalue weighted by Gasteiger charge is -2.33. The molecule has 2 rings (SSSR count). The van der Waals surface area contributed by atoms with E-state index in [9.17, 15) is 28.2 Å². The van der Waals surface area contributed by atoms with Gasteiger partial charge in [-0.15, -0.1) is 0 Å². The zero-order valence-corrected chi connectivity index (χ0v) is 25.8. The number of hydrogen-bond donors (Lipinski definition) is 3. The van der Waals surface area contributed by atoms with Crippen LogP contribution in [0.4, 0.5) is 0 Å². The van der Waals surface area contributed by atoms with Crippen LogP contribution in [0.5, 0.6) is 0 Å². The number of aliphatic hydroxyl groups is 2. The van der Waals surface area contributed by atoms with E-state index in [0.717, 1.165) is 15.4 Å². The Morgan fingerprint density at radius 2 is 1.44 bits per heavy atom. The molecule has 41 heavy (non-hydrogen) atoms. The zero-order chi connectivity index (χ0) is 30.8. The van der Waals surface area contributed by atoms with Gasteiger partial charge in [0.25, 0.3) is 10.2 Å². The van der Waals surface area contributed by atoms with Crippen LogP contribution in [0.25, 0.3) is 0 Å². The van der Waals surface area contributed by atoms with Crippen molar-refractivity contribution in [2.24, 2.45) is 23.7 Å². The summed E-state index contributed by atoms with van der Waals surface area (Å²) in [5, 5.41) is 21.1. The molecule has 3 N–H and O–H groups in total. The second kappa shape index (κ2) is 15.6. The number of carbonyl (C=O) groups is 2. The van der Waals surface area contributed by atoms with Gasteiger partial charge in [-0.2, -0.15) is 17.4 Å². The van der Waals surface area contributed by atoms with Crippen LogP contribution in [0.2, 0.25) is 0 Å². The highest BCUT2D eigenvalue weighted by Gasteiger charge is 2.38. The molecule has 10 heteroatoms. The van der Waals surface area contributed by atoms with Crippen molar-refractivity contribution in [3.63, 3.8) is 0 Å². The molecule has 0 aliphatic carbocycles. The SMILES string of the molecule is CC(C)CN(C[C@H](O)[C@H](Cc1ccccc1)C(=O)[C@H](C)C(C)C(=O)OCc1ccccc1)S(=O)(=O)NC(C)(C)CO. The Morgan fingerprint density at radius 3 is 1.95 bits per heavy atom. The first-order valence-corrected chi connectivity index (χ1v) is 15.5. The molecule has 0 heterocycles. The summed E-state index contributed by atoms with van der Waals surface area (Å²) in [6.45, 7) is 9.48. The van der Waals surface area contributed by atoms with Gasteiger partial charge in [-0.05, 0) is 37.3 Å². The molecule has 9 nitrogen and oxygen atoms in total. The second-order valence-corrected chi connectivity index (χ2v) is 13.5. The topological polar surface area (TPSA) is 133 Å². The van der Waals surface area contributed by atoms with E-state index in [4.69, 9.17) is 4.74 Å². The van der Waals surface area contributed by atoms with Gasteiger partial charge in [0.05, 0.1) is 24.2 Å². The highest BCUT2D eigenvalue weighted by molar-refractivity contribution is 7.87. The van der Waals surface area contributed by atoms with E-state index < -0.39 is 52.2 Å². The van der Waals surface area contributed by atoms with Crippen LogP contribution >= 0.6 is 0 Å². The van der Waals surface area contributed by atoms with Gasteiger partial charge in [0.2, 0.25) is 0 Å². The van der Waals surface area contributed by atoms with Crippen molar-refractivity contribution in [2.75, 3.05) is 19.7 Å². The number of nitrogens with zero attached hydrogens (tertiary/aromatic N) is 1. The summed E-state index contributed by atoms with van der Waals surface area (Å²) in [7, 11) is -4.12. The molecule has 0 aliphatic heterocycles. The normalized spacial score (nSPS) is 15.4. The molecule has 0 saturated heterocycles. The second-order valence-electron chi connectivity index (χ2n) is 11.8. The molecule has 0 radical (unpaired) electrons. The summed E-state index contributed by atoms with van der Waals surface area (Å²) in [6.07, 6.45) is -1.19. The first-order valence-electron chi connectivity index (χ1n) is 14.0. The molecule has 0 spiro atoms. The fraction of sp³-hybridized carbons (Fsp3) is 0.548. The van der Waals surface area contributed by atoms with E-state index in [1.54, 1.807) is 27.7 Å². The summed E-state index contributed by atoms with van der Waals surface area (Å²) in [5.41, 5.74) is 0.505. The van der Waals surface area contributed by atoms with Crippen molar-refractivity contribution in [3.05, 3.63) is 71.8 Å². The molecule has 228 valence electrons. The molecule has 2 aromatic rings. The number of nitrogens with one attached hydrogen (secondary N) is 1. The van der Waals surface area contributed by atoms with Crippen molar-refractivity contribution >= 4 is 22.0 Å². The lowest BCUT2D eigenvalue weighted by atomic mass is 9.80. The average molecular weight is 591 g/mol. The number of rotatable bonds is 17. The molecule has 0 bridgehead atoms. The van der Waals surface area contributed by atoms with Crippen LogP contribution in [0.3, 0.4) is 0 Å². The molecular formula is C31H46N2O7S. The predicted octanol–water partition coefficient (Wildman–Crippen LogP) is 3.35. The maximum absolute atomic E-state index is 13.9. The van der Waals surface area contributed by atoms with Crippen LogP contribution in [-0.2, 0) is 37.6 Å². The van der Waals surface area contributed by atoms with E-state index in [-0.39, 0.29) is 37.8 Å².